The molecular formula is C15H24N2O3S. The third-order valence-corrected chi connectivity index (χ3v) is 5.65. The number of nitrogens with zero attached hydrogens (tertiary/aromatic N) is 1. The van der Waals surface area contributed by atoms with Crippen molar-refractivity contribution in [1.29, 1.82) is 0 Å². The van der Waals surface area contributed by atoms with Crippen LogP contribution in [-0.2, 0) is 21.3 Å². The Balaban J connectivity index is 2.15. The molecule has 21 heavy (non-hydrogen) atoms. The number of aryl methyl sites for hydroxylation is 1. The van der Waals surface area contributed by atoms with E-state index in [0.29, 0.717) is 24.1 Å². The number of rotatable bonds is 8. The van der Waals surface area contributed by atoms with Crippen LogP contribution in [0.2, 0.25) is 0 Å². The molecule has 5 nitrogen and oxygen atoms in total. The van der Waals surface area contributed by atoms with Crippen molar-refractivity contribution in [2.24, 2.45) is 0 Å². The molecule has 1 aromatic carbocycles. The Labute approximate surface area is 127 Å². The first-order valence-corrected chi connectivity index (χ1v) is 8.67. The van der Waals surface area contributed by atoms with Gasteiger partial charge in [0.15, 0.2) is 0 Å². The largest absolute Gasteiger partial charge is 0.383 e. The molecule has 0 atom stereocenters. The number of hydrogen-bond acceptors (Lipinski definition) is 4. The van der Waals surface area contributed by atoms with Crippen molar-refractivity contribution in [3.05, 3.63) is 29.3 Å². The van der Waals surface area contributed by atoms with Gasteiger partial charge in [0.2, 0.25) is 10.0 Å². The molecule has 0 unspecified atom stereocenters. The lowest BCUT2D eigenvalue weighted by molar-refractivity contribution is 0.185. The summed E-state index contributed by atoms with van der Waals surface area (Å²) in [6, 6.07) is 5.94. The van der Waals surface area contributed by atoms with E-state index in [1.807, 2.05) is 13.0 Å². The van der Waals surface area contributed by atoms with Crippen LogP contribution in [0.4, 0.5) is 0 Å². The molecule has 0 spiro atoms. The van der Waals surface area contributed by atoms with Crippen molar-refractivity contribution < 1.29 is 13.2 Å². The van der Waals surface area contributed by atoms with E-state index in [4.69, 9.17) is 4.74 Å². The first kappa shape index (κ1) is 16.4. The zero-order valence-electron chi connectivity index (χ0n) is 12.9. The number of nitrogens with one attached hydrogen (secondary N) is 1. The van der Waals surface area contributed by atoms with Crippen LogP contribution in [0.25, 0.3) is 0 Å². The highest BCUT2D eigenvalue weighted by Crippen LogP contribution is 2.22. The second-order valence-corrected chi connectivity index (χ2v) is 7.61. The van der Waals surface area contributed by atoms with Gasteiger partial charge in [0.1, 0.15) is 0 Å². The second-order valence-electron chi connectivity index (χ2n) is 5.56. The first-order chi connectivity index (χ1) is 9.95. The number of likely N-dealkylation sites (N-methyl/N-ethyl adjacent to an activating group) is 1. The van der Waals surface area contributed by atoms with E-state index in [1.165, 1.54) is 17.1 Å². The van der Waals surface area contributed by atoms with Crippen molar-refractivity contribution in [1.82, 2.24) is 9.62 Å². The van der Waals surface area contributed by atoms with Crippen LogP contribution in [0.15, 0.2) is 23.1 Å². The Morgan fingerprint density at radius 3 is 2.71 bits per heavy atom. The van der Waals surface area contributed by atoms with E-state index < -0.39 is 10.0 Å². The van der Waals surface area contributed by atoms with Crippen LogP contribution < -0.4 is 5.32 Å². The number of methoxy groups -OCH3 is 1. The van der Waals surface area contributed by atoms with Gasteiger partial charge < -0.3 is 10.1 Å². The van der Waals surface area contributed by atoms with Crippen LogP contribution in [0.3, 0.4) is 0 Å². The molecular weight excluding hydrogens is 288 g/mol. The summed E-state index contributed by atoms with van der Waals surface area (Å²) in [6.07, 6.45) is 2.44. The second kappa shape index (κ2) is 6.87. The molecule has 0 aliphatic heterocycles. The molecule has 0 aromatic heterocycles. The highest BCUT2D eigenvalue weighted by atomic mass is 32.2. The minimum atomic E-state index is -3.45. The minimum absolute atomic E-state index is 0.347. The Kier molecular flexibility index (Phi) is 5.37. The molecule has 0 saturated heterocycles. The lowest BCUT2D eigenvalue weighted by Crippen LogP contribution is -2.30. The molecule has 1 fully saturated rings. The first-order valence-electron chi connectivity index (χ1n) is 7.23. The fourth-order valence-corrected chi connectivity index (χ4v) is 3.27. The topological polar surface area (TPSA) is 58.6 Å². The van der Waals surface area contributed by atoms with Crippen molar-refractivity contribution in [2.45, 2.75) is 37.2 Å². The van der Waals surface area contributed by atoms with E-state index in [9.17, 15) is 8.42 Å². The molecule has 1 aliphatic rings. The maximum absolute atomic E-state index is 12.5. The van der Waals surface area contributed by atoms with Crippen molar-refractivity contribution >= 4 is 10.0 Å². The summed E-state index contributed by atoms with van der Waals surface area (Å²) in [7, 11) is -0.305. The van der Waals surface area contributed by atoms with Crippen LogP contribution in [0, 0.1) is 6.92 Å². The fraction of sp³-hybridized carbons (Fsp3) is 0.600. The van der Waals surface area contributed by atoms with Crippen LogP contribution in [0.1, 0.15) is 24.0 Å². The molecule has 1 aliphatic carbocycles. The summed E-state index contributed by atoms with van der Waals surface area (Å²) in [5.41, 5.74) is 2.16. The Bertz CT molecular complexity index is 583. The summed E-state index contributed by atoms with van der Waals surface area (Å²) in [4.78, 5) is 0.347. The number of hydrogen-bond donors (Lipinski definition) is 1. The molecule has 1 N–H and O–H groups in total. The number of benzene rings is 1. The summed E-state index contributed by atoms with van der Waals surface area (Å²) in [5, 5.41) is 3.43. The lowest BCUT2D eigenvalue weighted by Gasteiger charge is -2.18. The quantitative estimate of drug-likeness (QED) is 0.790. The summed E-state index contributed by atoms with van der Waals surface area (Å²) < 4.78 is 31.3. The standard InChI is InChI=1S/C15H24N2O3S/c1-12-4-7-15(10-13(12)11-16-14-5-6-14)21(18,19)17(2)8-9-20-3/h4,7,10,14,16H,5-6,8-9,11H2,1-3H3. The van der Waals surface area contributed by atoms with Gasteiger partial charge in [-0.05, 0) is 43.0 Å². The summed E-state index contributed by atoms with van der Waals surface area (Å²) in [5.74, 6) is 0. The third-order valence-electron chi connectivity index (χ3n) is 3.80. The molecule has 1 saturated carbocycles. The molecule has 6 heteroatoms. The summed E-state index contributed by atoms with van der Waals surface area (Å²) >= 11 is 0. The minimum Gasteiger partial charge on any atom is -0.383 e. The van der Waals surface area contributed by atoms with Gasteiger partial charge in [0.25, 0.3) is 0 Å². The van der Waals surface area contributed by atoms with Gasteiger partial charge in [-0.25, -0.2) is 8.42 Å². The monoisotopic (exact) mass is 312 g/mol. The lowest BCUT2D eigenvalue weighted by atomic mass is 10.1. The van der Waals surface area contributed by atoms with Gasteiger partial charge in [-0.3, -0.25) is 0 Å². The van der Waals surface area contributed by atoms with Gasteiger partial charge in [0.05, 0.1) is 11.5 Å². The van der Waals surface area contributed by atoms with Crippen molar-refractivity contribution in [2.75, 3.05) is 27.3 Å². The van der Waals surface area contributed by atoms with Gasteiger partial charge in [-0.2, -0.15) is 4.31 Å². The Morgan fingerprint density at radius 2 is 2.10 bits per heavy atom. The van der Waals surface area contributed by atoms with Crippen LogP contribution in [-0.4, -0.2) is 46.1 Å². The maximum atomic E-state index is 12.5. The molecule has 0 amide bonds. The van der Waals surface area contributed by atoms with Crippen LogP contribution >= 0.6 is 0 Å². The van der Waals surface area contributed by atoms with Gasteiger partial charge in [-0.15, -0.1) is 0 Å². The molecule has 0 heterocycles. The Morgan fingerprint density at radius 1 is 1.38 bits per heavy atom. The van der Waals surface area contributed by atoms with Gasteiger partial charge in [-0.1, -0.05) is 6.07 Å². The number of ether oxygens (including phenoxy) is 1. The van der Waals surface area contributed by atoms with Crippen molar-refractivity contribution in [3.8, 4) is 0 Å². The zero-order valence-corrected chi connectivity index (χ0v) is 13.7. The SMILES string of the molecule is COCCN(C)S(=O)(=O)c1ccc(C)c(CNC2CC2)c1. The zero-order chi connectivity index (χ0) is 15.5. The van der Waals surface area contributed by atoms with Gasteiger partial charge >= 0.3 is 0 Å². The average molecular weight is 312 g/mol. The molecule has 0 bridgehead atoms. The van der Waals surface area contributed by atoms with E-state index in [-0.39, 0.29) is 0 Å². The maximum Gasteiger partial charge on any atom is 0.242 e. The van der Waals surface area contributed by atoms with E-state index in [1.54, 1.807) is 26.3 Å². The van der Waals surface area contributed by atoms with Crippen LogP contribution in [0.5, 0.6) is 0 Å². The van der Waals surface area contributed by atoms with E-state index in [0.717, 1.165) is 17.7 Å². The number of sulfonamides is 1. The van der Waals surface area contributed by atoms with E-state index >= 15 is 0 Å². The van der Waals surface area contributed by atoms with Gasteiger partial charge in [0, 0.05) is 33.3 Å². The average Bonchev–Trinajstić information content (AvgIpc) is 3.27. The third kappa shape index (κ3) is 4.26. The summed E-state index contributed by atoms with van der Waals surface area (Å²) in [6.45, 7) is 3.47. The van der Waals surface area contributed by atoms with E-state index in [2.05, 4.69) is 5.32 Å². The molecule has 2 rings (SSSR count). The predicted molar refractivity (Wildman–Crippen MR) is 82.7 cm³/mol. The Hall–Kier alpha value is -0.950. The molecule has 0 radical (unpaired) electrons. The smallest absolute Gasteiger partial charge is 0.242 e. The normalized spacial score (nSPS) is 15.6. The highest BCUT2D eigenvalue weighted by Gasteiger charge is 2.23. The van der Waals surface area contributed by atoms with Crippen molar-refractivity contribution in [3.63, 3.8) is 0 Å². The fourth-order valence-electron chi connectivity index (χ4n) is 2.06. The highest BCUT2D eigenvalue weighted by molar-refractivity contribution is 7.89. The molecule has 1 aromatic rings. The molecule has 118 valence electrons. The predicted octanol–water partition coefficient (Wildman–Crippen LogP) is 1.51.